The van der Waals surface area contributed by atoms with Crippen LogP contribution in [0.4, 0.5) is 4.39 Å². The first kappa shape index (κ1) is 14.1. The van der Waals surface area contributed by atoms with Gasteiger partial charge in [-0.3, -0.25) is 4.79 Å². The van der Waals surface area contributed by atoms with Crippen molar-refractivity contribution in [3.05, 3.63) is 64.9 Å². The van der Waals surface area contributed by atoms with Crippen LogP contribution in [0, 0.1) is 5.82 Å². The van der Waals surface area contributed by atoms with Gasteiger partial charge in [0.2, 0.25) is 0 Å². The maximum absolute atomic E-state index is 12.8. The highest BCUT2D eigenvalue weighted by atomic mass is 19.1. The number of ketones is 1. The lowest BCUT2D eigenvalue weighted by Crippen LogP contribution is -2.07. The molecule has 1 fully saturated rings. The van der Waals surface area contributed by atoms with Gasteiger partial charge >= 0.3 is 5.97 Å². The molecule has 22 heavy (non-hydrogen) atoms. The van der Waals surface area contributed by atoms with Gasteiger partial charge in [0.05, 0.1) is 5.57 Å². The Labute approximate surface area is 124 Å². The second kappa shape index (κ2) is 5.48. The van der Waals surface area contributed by atoms with Crippen LogP contribution < -0.4 is 0 Å². The molecule has 5 nitrogen and oxygen atoms in total. The van der Waals surface area contributed by atoms with E-state index in [0.717, 1.165) is 5.56 Å². The molecule has 0 atom stereocenters. The van der Waals surface area contributed by atoms with E-state index in [4.69, 9.17) is 4.42 Å². The molecule has 0 amide bonds. The topological polar surface area (TPSA) is 76.7 Å². The van der Waals surface area contributed by atoms with Crippen molar-refractivity contribution in [3.63, 3.8) is 0 Å². The van der Waals surface area contributed by atoms with Gasteiger partial charge in [-0.05, 0) is 29.8 Å². The molecule has 6 heteroatoms. The number of benzene rings is 1. The normalized spacial score (nSPS) is 16.8. The number of Topliss-reactive ketones (excluding diaryl/α,β-unsaturated/α-hetero) is 1. The van der Waals surface area contributed by atoms with E-state index in [1.54, 1.807) is 18.2 Å². The number of esters is 1. The smallest absolute Gasteiger partial charge is 0.379 e. The molecule has 1 saturated heterocycles. The lowest BCUT2D eigenvalue weighted by molar-refractivity contribution is -0.146. The van der Waals surface area contributed by atoms with Gasteiger partial charge in [0, 0.05) is 6.42 Å². The van der Waals surface area contributed by atoms with Crippen LogP contribution in [0.15, 0.2) is 46.4 Å². The molecule has 1 aromatic heterocycles. The second-order valence-electron chi connectivity index (χ2n) is 4.80. The van der Waals surface area contributed by atoms with Crippen LogP contribution >= 0.6 is 0 Å². The highest BCUT2D eigenvalue weighted by Gasteiger charge is 2.33. The highest BCUT2D eigenvalue weighted by molar-refractivity contribution is 6.43. The van der Waals surface area contributed by atoms with Crippen molar-refractivity contribution in [1.29, 1.82) is 0 Å². The van der Waals surface area contributed by atoms with E-state index in [1.807, 2.05) is 0 Å². The van der Waals surface area contributed by atoms with Crippen molar-refractivity contribution in [2.24, 2.45) is 0 Å². The molecule has 3 rings (SSSR count). The first-order chi connectivity index (χ1) is 10.5. The molecule has 0 spiro atoms. The molecule has 2 heterocycles. The molecule has 0 unspecified atom stereocenters. The lowest BCUT2D eigenvalue weighted by atomic mass is 10.1. The molecule has 2 aromatic rings. The minimum Gasteiger partial charge on any atom is -0.504 e. The van der Waals surface area contributed by atoms with Gasteiger partial charge in [-0.15, -0.1) is 0 Å². The third kappa shape index (κ3) is 2.63. The molecular formula is C16H11FO5. The number of furan rings is 1. The van der Waals surface area contributed by atoms with Gasteiger partial charge in [0.1, 0.15) is 18.2 Å². The molecule has 1 aliphatic rings. The van der Waals surface area contributed by atoms with Crippen LogP contribution in [0.2, 0.25) is 0 Å². The number of ether oxygens (including phenoxy) is 1. The van der Waals surface area contributed by atoms with Crippen molar-refractivity contribution in [2.45, 2.75) is 6.42 Å². The van der Waals surface area contributed by atoms with Crippen LogP contribution in [0.3, 0.4) is 0 Å². The van der Waals surface area contributed by atoms with Gasteiger partial charge < -0.3 is 14.3 Å². The van der Waals surface area contributed by atoms with Gasteiger partial charge in [0.15, 0.2) is 11.5 Å². The Kier molecular flexibility index (Phi) is 3.50. The van der Waals surface area contributed by atoms with Crippen molar-refractivity contribution < 1.29 is 28.2 Å². The number of carbonyl (C=O) groups excluding carboxylic acids is 2. The molecular weight excluding hydrogens is 291 g/mol. The predicted octanol–water partition coefficient (Wildman–Crippen LogP) is 2.40. The molecule has 112 valence electrons. The van der Waals surface area contributed by atoms with Crippen molar-refractivity contribution >= 4 is 17.5 Å². The molecule has 0 radical (unpaired) electrons. The lowest BCUT2D eigenvalue weighted by Gasteiger charge is -2.00. The summed E-state index contributed by atoms with van der Waals surface area (Å²) in [7, 11) is 0. The van der Waals surface area contributed by atoms with Gasteiger partial charge in [-0.2, -0.15) is 0 Å². The van der Waals surface area contributed by atoms with Crippen molar-refractivity contribution in [2.75, 3.05) is 6.61 Å². The zero-order chi connectivity index (χ0) is 15.7. The van der Waals surface area contributed by atoms with E-state index in [9.17, 15) is 19.1 Å². The third-order valence-electron chi connectivity index (χ3n) is 3.28. The number of cyclic esters (lactones) is 1. The largest absolute Gasteiger partial charge is 0.504 e. The predicted molar refractivity (Wildman–Crippen MR) is 73.4 cm³/mol. The van der Waals surface area contributed by atoms with E-state index in [-0.39, 0.29) is 23.8 Å². The third-order valence-corrected chi connectivity index (χ3v) is 3.28. The molecule has 0 bridgehead atoms. The molecule has 1 aromatic carbocycles. The fraction of sp³-hybridized carbons (Fsp3) is 0.125. The second-order valence-corrected chi connectivity index (χ2v) is 4.80. The average molecular weight is 302 g/mol. The Morgan fingerprint density at radius 1 is 1.14 bits per heavy atom. The van der Waals surface area contributed by atoms with Crippen LogP contribution in [0.1, 0.15) is 17.1 Å². The minimum atomic E-state index is -0.986. The quantitative estimate of drug-likeness (QED) is 0.408. The Bertz CT molecular complexity index is 770. The Morgan fingerprint density at radius 3 is 2.50 bits per heavy atom. The number of aliphatic hydroxyl groups is 1. The van der Waals surface area contributed by atoms with E-state index < -0.39 is 17.5 Å². The number of rotatable bonds is 3. The maximum atomic E-state index is 12.8. The number of aliphatic hydroxyl groups excluding tert-OH is 1. The molecule has 1 N–H and O–H groups in total. The van der Waals surface area contributed by atoms with Gasteiger partial charge in [-0.1, -0.05) is 12.1 Å². The average Bonchev–Trinajstić information content (AvgIpc) is 3.09. The maximum Gasteiger partial charge on any atom is 0.379 e. The van der Waals surface area contributed by atoms with E-state index in [0.29, 0.717) is 12.2 Å². The molecule has 1 aliphatic heterocycles. The Morgan fingerprint density at radius 2 is 1.86 bits per heavy atom. The number of hydrogen-bond donors (Lipinski definition) is 1. The summed E-state index contributed by atoms with van der Waals surface area (Å²) in [5.74, 6) is -1.96. The summed E-state index contributed by atoms with van der Waals surface area (Å²) in [6.45, 7) is -0.266. The van der Waals surface area contributed by atoms with E-state index in [2.05, 4.69) is 4.74 Å². The number of halogens is 1. The van der Waals surface area contributed by atoms with E-state index >= 15 is 0 Å². The Balaban J connectivity index is 1.82. The van der Waals surface area contributed by atoms with Crippen molar-refractivity contribution in [3.8, 4) is 0 Å². The van der Waals surface area contributed by atoms with Crippen LogP contribution in [-0.4, -0.2) is 23.5 Å². The summed E-state index contributed by atoms with van der Waals surface area (Å²) in [6.07, 6.45) is 0.409. The summed E-state index contributed by atoms with van der Waals surface area (Å²) in [5, 5.41) is 10.0. The highest BCUT2D eigenvalue weighted by Crippen LogP contribution is 2.24. The Hall–Kier alpha value is -2.89. The first-order valence-corrected chi connectivity index (χ1v) is 6.51. The van der Waals surface area contributed by atoms with Crippen molar-refractivity contribution in [1.82, 2.24) is 0 Å². The summed E-state index contributed by atoms with van der Waals surface area (Å²) >= 11 is 0. The van der Waals surface area contributed by atoms with E-state index in [1.165, 1.54) is 18.2 Å². The summed E-state index contributed by atoms with van der Waals surface area (Å²) in [6, 6.07) is 9.08. The fourth-order valence-corrected chi connectivity index (χ4v) is 2.12. The summed E-state index contributed by atoms with van der Waals surface area (Å²) in [5.41, 5.74) is 0.720. The zero-order valence-electron chi connectivity index (χ0n) is 11.3. The standard InChI is InChI=1S/C16H11FO5/c17-10-3-1-9(2-4-10)7-11-5-6-13(22-11)14(18)12-8-21-16(20)15(12)19/h1-6,18H,7-8H2. The number of carbonyl (C=O) groups is 2. The SMILES string of the molecule is O=C1OCC(=C(O)c2ccc(Cc3ccc(F)cc3)o2)C1=O. The zero-order valence-corrected chi connectivity index (χ0v) is 11.3. The summed E-state index contributed by atoms with van der Waals surface area (Å²) < 4.78 is 22.8. The van der Waals surface area contributed by atoms with Crippen LogP contribution in [0.5, 0.6) is 0 Å². The minimum absolute atomic E-state index is 0.0822. The van der Waals surface area contributed by atoms with Crippen LogP contribution in [-0.2, 0) is 20.7 Å². The fourth-order valence-electron chi connectivity index (χ4n) is 2.12. The summed E-state index contributed by atoms with van der Waals surface area (Å²) in [4.78, 5) is 22.5. The molecule has 0 saturated carbocycles. The molecule has 0 aliphatic carbocycles. The van der Waals surface area contributed by atoms with Gasteiger partial charge in [-0.25, -0.2) is 9.18 Å². The number of hydrogen-bond acceptors (Lipinski definition) is 5. The van der Waals surface area contributed by atoms with Gasteiger partial charge in [0.25, 0.3) is 5.78 Å². The monoisotopic (exact) mass is 302 g/mol. The van der Waals surface area contributed by atoms with Crippen LogP contribution in [0.25, 0.3) is 5.76 Å². The first-order valence-electron chi connectivity index (χ1n) is 6.51.